The molecule has 84 valence electrons. The fourth-order valence-corrected chi connectivity index (χ4v) is 1.45. The van der Waals surface area contributed by atoms with Gasteiger partial charge in [-0.3, -0.25) is 0 Å². The van der Waals surface area contributed by atoms with Crippen molar-refractivity contribution < 1.29 is 4.74 Å². The van der Waals surface area contributed by atoms with Gasteiger partial charge in [-0.1, -0.05) is 25.4 Å². The van der Waals surface area contributed by atoms with Gasteiger partial charge in [0.25, 0.3) is 0 Å². The van der Waals surface area contributed by atoms with Gasteiger partial charge in [-0.05, 0) is 25.8 Å². The normalized spacial score (nSPS) is 13.2. The van der Waals surface area contributed by atoms with Gasteiger partial charge in [0.05, 0.1) is 0 Å². The first-order chi connectivity index (χ1) is 7.04. The fraction of sp³-hybridized carbons (Fsp3) is 0.636. The maximum Gasteiger partial charge on any atom is 0.158 e. The molecule has 0 N–H and O–H groups in total. The second-order valence-electron chi connectivity index (χ2n) is 3.73. The fourth-order valence-electron chi connectivity index (χ4n) is 1.26. The summed E-state index contributed by atoms with van der Waals surface area (Å²) in [5, 5.41) is 0.482. The summed E-state index contributed by atoms with van der Waals surface area (Å²) >= 11 is 5.93. The molecule has 0 aliphatic heterocycles. The standard InChI is InChI=1S/C11H17ClN2O/c1-5-15-8(4)11-13-9(7(2)3)6-10(12)14-11/h6-8H,5H2,1-4H3. The molecule has 0 fully saturated rings. The van der Waals surface area contributed by atoms with Crippen molar-refractivity contribution in [3.8, 4) is 0 Å². The monoisotopic (exact) mass is 228 g/mol. The molecule has 0 bridgehead atoms. The van der Waals surface area contributed by atoms with Crippen LogP contribution in [0.5, 0.6) is 0 Å². The van der Waals surface area contributed by atoms with Crippen LogP contribution >= 0.6 is 11.6 Å². The van der Waals surface area contributed by atoms with Gasteiger partial charge in [0.15, 0.2) is 5.82 Å². The first-order valence-corrected chi connectivity index (χ1v) is 5.58. The van der Waals surface area contributed by atoms with Crippen LogP contribution in [0.4, 0.5) is 0 Å². The molecule has 0 radical (unpaired) electrons. The third-order valence-corrected chi connectivity index (χ3v) is 2.30. The van der Waals surface area contributed by atoms with Crippen LogP contribution in [0.1, 0.15) is 51.2 Å². The molecular formula is C11H17ClN2O. The molecule has 0 aromatic carbocycles. The molecule has 0 saturated carbocycles. The van der Waals surface area contributed by atoms with Gasteiger partial charge in [-0.25, -0.2) is 9.97 Å². The molecule has 1 aromatic rings. The second-order valence-corrected chi connectivity index (χ2v) is 4.11. The van der Waals surface area contributed by atoms with Crippen molar-refractivity contribution in [3.05, 3.63) is 22.7 Å². The number of rotatable bonds is 4. The summed E-state index contributed by atoms with van der Waals surface area (Å²) in [7, 11) is 0. The lowest BCUT2D eigenvalue weighted by atomic mass is 10.1. The number of hydrogen-bond donors (Lipinski definition) is 0. The summed E-state index contributed by atoms with van der Waals surface area (Å²) in [6.45, 7) is 8.68. The predicted octanol–water partition coefficient (Wildman–Crippen LogP) is 3.35. The lowest BCUT2D eigenvalue weighted by Gasteiger charge is -2.13. The summed E-state index contributed by atoms with van der Waals surface area (Å²) < 4.78 is 5.43. The van der Waals surface area contributed by atoms with Crippen LogP contribution in [0, 0.1) is 0 Å². The molecule has 15 heavy (non-hydrogen) atoms. The lowest BCUT2D eigenvalue weighted by molar-refractivity contribution is 0.0698. The highest BCUT2D eigenvalue weighted by molar-refractivity contribution is 6.29. The Labute approximate surface area is 95.8 Å². The molecule has 3 nitrogen and oxygen atoms in total. The first-order valence-electron chi connectivity index (χ1n) is 5.20. The third-order valence-electron chi connectivity index (χ3n) is 2.10. The minimum atomic E-state index is -0.105. The van der Waals surface area contributed by atoms with Gasteiger partial charge in [0, 0.05) is 12.3 Å². The van der Waals surface area contributed by atoms with Gasteiger partial charge in [0.2, 0.25) is 0 Å². The highest BCUT2D eigenvalue weighted by Gasteiger charge is 2.12. The SMILES string of the molecule is CCOC(C)c1nc(Cl)cc(C(C)C)n1. The molecule has 1 heterocycles. The van der Waals surface area contributed by atoms with Crippen LogP contribution in [0.25, 0.3) is 0 Å². The molecular weight excluding hydrogens is 212 g/mol. The quantitative estimate of drug-likeness (QED) is 0.742. The molecule has 1 aromatic heterocycles. The van der Waals surface area contributed by atoms with Crippen LogP contribution in [-0.4, -0.2) is 16.6 Å². The zero-order valence-electron chi connectivity index (χ0n) is 9.62. The van der Waals surface area contributed by atoms with E-state index in [1.54, 1.807) is 6.07 Å². The maximum absolute atomic E-state index is 5.93. The summed E-state index contributed by atoms with van der Waals surface area (Å²) in [6.07, 6.45) is -0.105. The van der Waals surface area contributed by atoms with E-state index < -0.39 is 0 Å². The number of nitrogens with zero attached hydrogens (tertiary/aromatic N) is 2. The summed E-state index contributed by atoms with van der Waals surface area (Å²) in [4.78, 5) is 8.60. The number of hydrogen-bond acceptors (Lipinski definition) is 3. The van der Waals surface area contributed by atoms with Gasteiger partial charge in [-0.2, -0.15) is 0 Å². The van der Waals surface area contributed by atoms with Crippen molar-refractivity contribution in [2.24, 2.45) is 0 Å². The number of ether oxygens (including phenoxy) is 1. The van der Waals surface area contributed by atoms with E-state index in [1.807, 2.05) is 13.8 Å². The van der Waals surface area contributed by atoms with E-state index in [0.29, 0.717) is 23.5 Å². The van der Waals surface area contributed by atoms with E-state index in [0.717, 1.165) is 5.69 Å². The minimum absolute atomic E-state index is 0.105. The Bertz CT molecular complexity index is 328. The van der Waals surface area contributed by atoms with Gasteiger partial charge >= 0.3 is 0 Å². The van der Waals surface area contributed by atoms with Crippen molar-refractivity contribution in [1.82, 2.24) is 9.97 Å². The molecule has 0 saturated heterocycles. The van der Waals surface area contributed by atoms with Crippen LogP contribution in [0.2, 0.25) is 5.15 Å². The van der Waals surface area contributed by atoms with Gasteiger partial charge in [-0.15, -0.1) is 0 Å². The Balaban J connectivity index is 2.98. The van der Waals surface area contributed by atoms with Crippen molar-refractivity contribution in [3.63, 3.8) is 0 Å². The molecule has 1 atom stereocenters. The highest BCUT2D eigenvalue weighted by atomic mass is 35.5. The Hall–Kier alpha value is -0.670. The summed E-state index contributed by atoms with van der Waals surface area (Å²) in [5.74, 6) is 1.01. The zero-order valence-corrected chi connectivity index (χ0v) is 10.4. The van der Waals surface area contributed by atoms with Crippen molar-refractivity contribution in [2.45, 2.75) is 39.7 Å². The average molecular weight is 229 g/mol. The number of halogens is 1. The van der Waals surface area contributed by atoms with E-state index in [-0.39, 0.29) is 6.10 Å². The first kappa shape index (κ1) is 12.4. The Morgan fingerprint density at radius 3 is 2.53 bits per heavy atom. The maximum atomic E-state index is 5.93. The summed E-state index contributed by atoms with van der Waals surface area (Å²) in [5.41, 5.74) is 0.955. The van der Waals surface area contributed by atoms with Crippen molar-refractivity contribution in [2.75, 3.05) is 6.61 Å². The van der Waals surface area contributed by atoms with Gasteiger partial charge in [0.1, 0.15) is 11.3 Å². The second kappa shape index (κ2) is 5.42. The Kier molecular flexibility index (Phi) is 4.48. The van der Waals surface area contributed by atoms with Crippen LogP contribution < -0.4 is 0 Å². The molecule has 1 rings (SSSR count). The van der Waals surface area contributed by atoms with Gasteiger partial charge < -0.3 is 4.74 Å². The molecule has 0 amide bonds. The topological polar surface area (TPSA) is 35.0 Å². The van der Waals surface area contributed by atoms with E-state index in [1.165, 1.54) is 0 Å². The largest absolute Gasteiger partial charge is 0.371 e. The van der Waals surface area contributed by atoms with Crippen LogP contribution in [-0.2, 0) is 4.74 Å². The van der Waals surface area contributed by atoms with Crippen molar-refractivity contribution >= 4 is 11.6 Å². The van der Waals surface area contributed by atoms with E-state index in [2.05, 4.69) is 23.8 Å². The number of aromatic nitrogens is 2. The molecule has 4 heteroatoms. The zero-order chi connectivity index (χ0) is 11.4. The van der Waals surface area contributed by atoms with E-state index in [4.69, 9.17) is 16.3 Å². The lowest BCUT2D eigenvalue weighted by Crippen LogP contribution is -2.08. The van der Waals surface area contributed by atoms with E-state index in [9.17, 15) is 0 Å². The summed E-state index contributed by atoms with van der Waals surface area (Å²) in [6, 6.07) is 1.80. The third kappa shape index (κ3) is 3.43. The highest BCUT2D eigenvalue weighted by Crippen LogP contribution is 2.20. The molecule has 0 aliphatic rings. The minimum Gasteiger partial charge on any atom is -0.371 e. The van der Waals surface area contributed by atoms with E-state index >= 15 is 0 Å². The Morgan fingerprint density at radius 1 is 1.33 bits per heavy atom. The molecule has 1 unspecified atom stereocenters. The van der Waals surface area contributed by atoms with Crippen LogP contribution in [0.3, 0.4) is 0 Å². The average Bonchev–Trinajstić information content (AvgIpc) is 2.17. The smallest absolute Gasteiger partial charge is 0.158 e. The Morgan fingerprint density at radius 2 is 2.00 bits per heavy atom. The molecule has 0 spiro atoms. The van der Waals surface area contributed by atoms with Crippen molar-refractivity contribution in [1.29, 1.82) is 0 Å². The van der Waals surface area contributed by atoms with Crippen LogP contribution in [0.15, 0.2) is 6.07 Å². The molecule has 0 aliphatic carbocycles. The predicted molar refractivity (Wildman–Crippen MR) is 61.2 cm³/mol.